The van der Waals surface area contributed by atoms with Crippen molar-refractivity contribution in [2.45, 2.75) is 19.4 Å². The first-order valence-electron chi connectivity index (χ1n) is 4.29. The fraction of sp³-hybridized carbons (Fsp3) is 0.714. The van der Waals surface area contributed by atoms with Crippen molar-refractivity contribution in [3.05, 3.63) is 5.89 Å². The Balaban J connectivity index is 2.03. The van der Waals surface area contributed by atoms with Crippen molar-refractivity contribution in [3.63, 3.8) is 0 Å². The molecule has 72 valence electrons. The van der Waals surface area contributed by atoms with E-state index in [4.69, 9.17) is 10.4 Å². The summed E-state index contributed by atoms with van der Waals surface area (Å²) in [4.78, 5) is 10.6. The van der Waals surface area contributed by atoms with Crippen molar-refractivity contribution in [2.24, 2.45) is 5.90 Å². The minimum Gasteiger partial charge on any atom is -0.338 e. The number of aromatic nitrogens is 2. The van der Waals surface area contributed by atoms with Crippen LogP contribution in [0.5, 0.6) is 0 Å². The second-order valence-corrected chi connectivity index (χ2v) is 2.99. The number of nitrogens with zero attached hydrogens (tertiary/aromatic N) is 3. The zero-order chi connectivity index (χ0) is 9.10. The molecule has 0 aromatic carbocycles. The van der Waals surface area contributed by atoms with Gasteiger partial charge in [0.2, 0.25) is 0 Å². The molecule has 0 saturated carbocycles. The van der Waals surface area contributed by atoms with Gasteiger partial charge in [-0.3, -0.25) is 4.84 Å². The molecule has 6 heteroatoms. The summed E-state index contributed by atoms with van der Waals surface area (Å²) in [6.45, 7) is 2.17. The van der Waals surface area contributed by atoms with Crippen LogP contribution in [-0.2, 0) is 11.4 Å². The monoisotopic (exact) mass is 184 g/mol. The highest BCUT2D eigenvalue weighted by atomic mass is 16.6. The molecule has 0 atom stereocenters. The molecule has 1 aromatic rings. The lowest BCUT2D eigenvalue weighted by atomic mass is 10.4. The van der Waals surface area contributed by atoms with Gasteiger partial charge in [0.05, 0.1) is 0 Å². The van der Waals surface area contributed by atoms with E-state index in [0.717, 1.165) is 13.1 Å². The zero-order valence-electron chi connectivity index (χ0n) is 7.27. The van der Waals surface area contributed by atoms with E-state index in [2.05, 4.69) is 19.9 Å². The second-order valence-electron chi connectivity index (χ2n) is 2.99. The molecular weight excluding hydrogens is 172 g/mol. The Bertz CT molecular complexity index is 269. The molecule has 1 aliphatic rings. The summed E-state index contributed by atoms with van der Waals surface area (Å²) in [6.07, 6.45) is 2.38. The predicted octanol–water partition coefficient (Wildman–Crippen LogP) is 0.0601. The van der Waals surface area contributed by atoms with E-state index in [1.807, 2.05) is 0 Å². The van der Waals surface area contributed by atoms with Gasteiger partial charge in [0.1, 0.15) is 6.61 Å². The molecule has 2 rings (SSSR count). The van der Waals surface area contributed by atoms with Crippen LogP contribution in [0, 0.1) is 0 Å². The fourth-order valence-electron chi connectivity index (χ4n) is 1.42. The molecule has 1 saturated heterocycles. The lowest BCUT2D eigenvalue weighted by Crippen LogP contribution is -2.18. The maximum Gasteiger partial charge on any atom is 0.266 e. The molecular formula is C7H12N4O2. The molecule has 1 aliphatic heterocycles. The highest BCUT2D eigenvalue weighted by Crippen LogP contribution is 2.15. The van der Waals surface area contributed by atoms with Crippen LogP contribution in [0.2, 0.25) is 0 Å². The van der Waals surface area contributed by atoms with Gasteiger partial charge in [-0.2, -0.15) is 4.98 Å². The second kappa shape index (κ2) is 3.71. The topological polar surface area (TPSA) is 77.4 Å². The molecule has 0 radical (unpaired) electrons. The Hall–Kier alpha value is -1.14. The normalized spacial score (nSPS) is 16.8. The van der Waals surface area contributed by atoms with Crippen molar-refractivity contribution in [3.8, 4) is 0 Å². The van der Waals surface area contributed by atoms with Gasteiger partial charge < -0.3 is 9.42 Å². The van der Waals surface area contributed by atoms with Crippen molar-refractivity contribution >= 4 is 5.95 Å². The van der Waals surface area contributed by atoms with Gasteiger partial charge in [0.15, 0.2) is 0 Å². The van der Waals surface area contributed by atoms with Crippen molar-refractivity contribution in [2.75, 3.05) is 18.0 Å². The highest BCUT2D eigenvalue weighted by molar-refractivity contribution is 5.28. The Labute approximate surface area is 75.6 Å². The molecule has 0 unspecified atom stereocenters. The van der Waals surface area contributed by atoms with E-state index in [1.54, 1.807) is 0 Å². The van der Waals surface area contributed by atoms with Crippen LogP contribution in [0.15, 0.2) is 4.52 Å². The predicted molar refractivity (Wildman–Crippen MR) is 44.7 cm³/mol. The van der Waals surface area contributed by atoms with E-state index in [9.17, 15) is 0 Å². The first-order valence-corrected chi connectivity index (χ1v) is 4.29. The molecule has 0 spiro atoms. The molecule has 0 bridgehead atoms. The van der Waals surface area contributed by atoms with Crippen LogP contribution in [-0.4, -0.2) is 23.2 Å². The van der Waals surface area contributed by atoms with E-state index >= 15 is 0 Å². The molecule has 0 aliphatic carbocycles. The van der Waals surface area contributed by atoms with Crippen LogP contribution in [0.25, 0.3) is 0 Å². The third-order valence-corrected chi connectivity index (χ3v) is 2.05. The summed E-state index contributed by atoms with van der Waals surface area (Å²) in [6, 6.07) is 0. The summed E-state index contributed by atoms with van der Waals surface area (Å²) in [5, 5.41) is 3.82. The molecule has 1 aromatic heterocycles. The van der Waals surface area contributed by atoms with Crippen LogP contribution in [0.1, 0.15) is 18.7 Å². The molecule has 2 N–H and O–H groups in total. The highest BCUT2D eigenvalue weighted by Gasteiger charge is 2.17. The number of rotatable bonds is 3. The lowest BCUT2D eigenvalue weighted by molar-refractivity contribution is 0.0995. The van der Waals surface area contributed by atoms with Crippen LogP contribution < -0.4 is 10.8 Å². The van der Waals surface area contributed by atoms with Gasteiger partial charge in [0.25, 0.3) is 11.8 Å². The van der Waals surface area contributed by atoms with Crippen LogP contribution >= 0.6 is 0 Å². The molecule has 13 heavy (non-hydrogen) atoms. The Kier molecular flexibility index (Phi) is 2.42. The Morgan fingerprint density at radius 2 is 2.23 bits per heavy atom. The molecule has 2 heterocycles. The number of nitrogens with two attached hydrogens (primary N) is 1. The zero-order valence-corrected chi connectivity index (χ0v) is 7.27. The van der Waals surface area contributed by atoms with E-state index in [1.165, 1.54) is 12.8 Å². The summed E-state index contributed by atoms with van der Waals surface area (Å²) in [5.74, 6) is 5.95. The maximum atomic E-state index is 4.91. The van der Waals surface area contributed by atoms with Gasteiger partial charge in [-0.1, -0.05) is 0 Å². The van der Waals surface area contributed by atoms with Gasteiger partial charge in [0, 0.05) is 13.1 Å². The van der Waals surface area contributed by atoms with Gasteiger partial charge in [-0.25, -0.2) is 5.90 Å². The van der Waals surface area contributed by atoms with Crippen LogP contribution in [0.4, 0.5) is 5.95 Å². The van der Waals surface area contributed by atoms with Crippen molar-refractivity contribution in [1.29, 1.82) is 0 Å². The van der Waals surface area contributed by atoms with E-state index in [-0.39, 0.29) is 6.61 Å². The summed E-state index contributed by atoms with van der Waals surface area (Å²) in [5.41, 5.74) is 0. The molecule has 1 fully saturated rings. The Morgan fingerprint density at radius 3 is 2.92 bits per heavy atom. The van der Waals surface area contributed by atoms with E-state index in [0.29, 0.717) is 11.8 Å². The number of hydrogen-bond donors (Lipinski definition) is 1. The Morgan fingerprint density at radius 1 is 1.46 bits per heavy atom. The van der Waals surface area contributed by atoms with E-state index < -0.39 is 0 Å². The van der Waals surface area contributed by atoms with Crippen molar-refractivity contribution < 1.29 is 9.36 Å². The van der Waals surface area contributed by atoms with Gasteiger partial charge in [-0.05, 0) is 18.0 Å². The summed E-state index contributed by atoms with van der Waals surface area (Å²) >= 11 is 0. The fourth-order valence-corrected chi connectivity index (χ4v) is 1.42. The van der Waals surface area contributed by atoms with Gasteiger partial charge in [-0.15, -0.1) is 0 Å². The lowest BCUT2D eigenvalue weighted by Gasteiger charge is -2.09. The number of hydrogen-bond acceptors (Lipinski definition) is 6. The SMILES string of the molecule is NOCc1nc(N2CCCC2)no1. The largest absolute Gasteiger partial charge is 0.338 e. The minimum atomic E-state index is 0.167. The van der Waals surface area contributed by atoms with Crippen LogP contribution in [0.3, 0.4) is 0 Å². The molecule has 6 nitrogen and oxygen atoms in total. The first-order chi connectivity index (χ1) is 6.40. The minimum absolute atomic E-state index is 0.167. The summed E-state index contributed by atoms with van der Waals surface area (Å²) in [7, 11) is 0. The first kappa shape index (κ1) is 8.46. The third kappa shape index (κ3) is 1.78. The van der Waals surface area contributed by atoms with Crippen molar-refractivity contribution in [1.82, 2.24) is 10.1 Å². The maximum absolute atomic E-state index is 4.91. The average Bonchev–Trinajstić information content (AvgIpc) is 2.70. The number of anilines is 1. The average molecular weight is 184 g/mol. The quantitative estimate of drug-likeness (QED) is 0.669. The standard InChI is InChI=1S/C7H12N4O2/c8-12-5-6-9-7(10-13-6)11-3-1-2-4-11/h1-5,8H2. The third-order valence-electron chi connectivity index (χ3n) is 2.05. The molecule has 0 amide bonds. The smallest absolute Gasteiger partial charge is 0.266 e. The summed E-state index contributed by atoms with van der Waals surface area (Å²) < 4.78 is 4.91. The van der Waals surface area contributed by atoms with Gasteiger partial charge >= 0.3 is 0 Å².